The number of hydrogen-bond donors (Lipinski definition) is 2. The van der Waals surface area contributed by atoms with Crippen LogP contribution in [-0.2, 0) is 0 Å². The van der Waals surface area contributed by atoms with Crippen molar-refractivity contribution in [1.82, 2.24) is 5.32 Å². The van der Waals surface area contributed by atoms with Gasteiger partial charge in [0.2, 0.25) is 0 Å². The first-order chi connectivity index (χ1) is 4.88. The van der Waals surface area contributed by atoms with E-state index in [1.54, 1.807) is 0 Å². The van der Waals surface area contributed by atoms with E-state index in [-0.39, 0.29) is 0 Å². The molecular formula is C8H16N2. The molecule has 1 aliphatic heterocycles. The summed E-state index contributed by atoms with van der Waals surface area (Å²) in [6.07, 6.45) is 5.25. The topological polar surface area (TPSA) is 38.0 Å². The highest BCUT2D eigenvalue weighted by Gasteiger charge is 2.33. The first-order valence-corrected chi connectivity index (χ1v) is 4.37. The quantitative estimate of drug-likeness (QED) is 0.513. The minimum absolute atomic E-state index is 0.494. The first kappa shape index (κ1) is 6.62. The van der Waals surface area contributed by atoms with E-state index in [0.29, 0.717) is 6.04 Å². The molecule has 0 radical (unpaired) electrons. The van der Waals surface area contributed by atoms with Gasteiger partial charge in [0, 0.05) is 12.1 Å². The van der Waals surface area contributed by atoms with Gasteiger partial charge in [-0.2, -0.15) is 0 Å². The summed E-state index contributed by atoms with van der Waals surface area (Å²) in [5, 5.41) is 3.51. The Morgan fingerprint density at radius 3 is 2.90 bits per heavy atom. The van der Waals surface area contributed by atoms with Crippen LogP contribution in [0.25, 0.3) is 0 Å². The molecule has 2 rings (SSSR count). The van der Waals surface area contributed by atoms with Gasteiger partial charge in [0.05, 0.1) is 0 Å². The fraction of sp³-hybridized carbons (Fsp3) is 1.00. The van der Waals surface area contributed by atoms with E-state index in [0.717, 1.165) is 12.0 Å². The van der Waals surface area contributed by atoms with Crippen molar-refractivity contribution < 1.29 is 0 Å². The van der Waals surface area contributed by atoms with E-state index in [9.17, 15) is 0 Å². The van der Waals surface area contributed by atoms with Crippen molar-refractivity contribution in [3.8, 4) is 0 Å². The van der Waals surface area contributed by atoms with E-state index in [1.807, 2.05) is 0 Å². The lowest BCUT2D eigenvalue weighted by Crippen LogP contribution is -2.42. The zero-order valence-electron chi connectivity index (χ0n) is 6.34. The Morgan fingerprint density at radius 2 is 2.10 bits per heavy atom. The van der Waals surface area contributed by atoms with E-state index >= 15 is 0 Å². The van der Waals surface area contributed by atoms with Crippen LogP contribution >= 0.6 is 0 Å². The molecule has 2 nitrogen and oxygen atoms in total. The molecule has 2 fully saturated rings. The van der Waals surface area contributed by atoms with E-state index in [2.05, 4.69) is 5.32 Å². The largest absolute Gasteiger partial charge is 0.327 e. The zero-order chi connectivity index (χ0) is 6.97. The van der Waals surface area contributed by atoms with Crippen LogP contribution in [0.5, 0.6) is 0 Å². The summed E-state index contributed by atoms with van der Waals surface area (Å²) in [7, 11) is 0. The van der Waals surface area contributed by atoms with Gasteiger partial charge in [-0.25, -0.2) is 0 Å². The van der Waals surface area contributed by atoms with Gasteiger partial charge in [0.25, 0.3) is 0 Å². The lowest BCUT2D eigenvalue weighted by molar-refractivity contribution is 0.283. The van der Waals surface area contributed by atoms with Gasteiger partial charge in [-0.15, -0.1) is 0 Å². The molecule has 3 N–H and O–H groups in total. The first-order valence-electron chi connectivity index (χ1n) is 4.37. The molecule has 2 heteroatoms. The molecule has 0 bridgehead atoms. The molecule has 10 heavy (non-hydrogen) atoms. The molecule has 3 unspecified atom stereocenters. The second-order valence-corrected chi connectivity index (χ2v) is 3.61. The Hall–Kier alpha value is -0.0800. The Balaban J connectivity index is 2.03. The van der Waals surface area contributed by atoms with Crippen molar-refractivity contribution in [3.05, 3.63) is 0 Å². The van der Waals surface area contributed by atoms with Crippen LogP contribution in [0.15, 0.2) is 0 Å². The van der Waals surface area contributed by atoms with Crippen LogP contribution in [0.1, 0.15) is 25.7 Å². The Morgan fingerprint density at radius 1 is 1.20 bits per heavy atom. The molecule has 0 aromatic carbocycles. The predicted octanol–water partition coefficient (Wildman–Crippen LogP) is 0.476. The highest BCUT2D eigenvalue weighted by molar-refractivity contribution is 4.93. The van der Waals surface area contributed by atoms with Crippen molar-refractivity contribution >= 4 is 0 Å². The minimum Gasteiger partial charge on any atom is -0.327 e. The summed E-state index contributed by atoms with van der Waals surface area (Å²) in [5.41, 5.74) is 5.98. The van der Waals surface area contributed by atoms with Crippen molar-refractivity contribution in [1.29, 1.82) is 0 Å². The molecule has 1 saturated carbocycles. The van der Waals surface area contributed by atoms with Crippen LogP contribution in [0.3, 0.4) is 0 Å². The third kappa shape index (κ3) is 0.956. The molecule has 0 aromatic rings. The third-order valence-electron chi connectivity index (χ3n) is 3.00. The lowest BCUT2D eigenvalue weighted by atomic mass is 9.82. The lowest BCUT2D eigenvalue weighted by Gasteiger charge is -2.30. The number of nitrogens with one attached hydrogen (secondary N) is 1. The minimum atomic E-state index is 0.494. The molecule has 1 heterocycles. The summed E-state index contributed by atoms with van der Waals surface area (Å²) in [4.78, 5) is 0. The van der Waals surface area contributed by atoms with Crippen molar-refractivity contribution in [2.24, 2.45) is 11.7 Å². The van der Waals surface area contributed by atoms with Gasteiger partial charge in [0.15, 0.2) is 0 Å². The molecule has 0 amide bonds. The average molecular weight is 140 g/mol. The average Bonchev–Trinajstić information content (AvgIpc) is 2.36. The third-order valence-corrected chi connectivity index (χ3v) is 3.00. The van der Waals surface area contributed by atoms with E-state index in [4.69, 9.17) is 5.73 Å². The molecule has 58 valence electrons. The second kappa shape index (κ2) is 2.51. The SMILES string of the molecule is NC1CCCC2NCCC12. The molecule has 1 aliphatic carbocycles. The molecule has 0 spiro atoms. The fourth-order valence-electron chi connectivity index (χ4n) is 2.40. The van der Waals surface area contributed by atoms with Gasteiger partial charge >= 0.3 is 0 Å². The van der Waals surface area contributed by atoms with Gasteiger partial charge in [0.1, 0.15) is 0 Å². The number of rotatable bonds is 0. The fourth-order valence-corrected chi connectivity index (χ4v) is 2.40. The summed E-state index contributed by atoms with van der Waals surface area (Å²) < 4.78 is 0. The number of nitrogens with two attached hydrogens (primary N) is 1. The highest BCUT2D eigenvalue weighted by Crippen LogP contribution is 2.29. The van der Waals surface area contributed by atoms with Crippen LogP contribution in [0, 0.1) is 5.92 Å². The van der Waals surface area contributed by atoms with Crippen molar-refractivity contribution in [3.63, 3.8) is 0 Å². The van der Waals surface area contributed by atoms with Crippen molar-refractivity contribution in [2.45, 2.75) is 37.8 Å². The van der Waals surface area contributed by atoms with Gasteiger partial charge in [-0.1, -0.05) is 6.42 Å². The standard InChI is InChI=1S/C8H16N2/c9-7-2-1-3-8-6(7)4-5-10-8/h6-8,10H,1-5,9H2. The van der Waals surface area contributed by atoms with Crippen LogP contribution < -0.4 is 11.1 Å². The summed E-state index contributed by atoms with van der Waals surface area (Å²) in [6.45, 7) is 1.20. The maximum atomic E-state index is 5.98. The van der Waals surface area contributed by atoms with Crippen molar-refractivity contribution in [2.75, 3.05) is 6.54 Å². The zero-order valence-corrected chi connectivity index (χ0v) is 6.34. The maximum Gasteiger partial charge on any atom is 0.0111 e. The summed E-state index contributed by atoms with van der Waals surface area (Å²) >= 11 is 0. The maximum absolute atomic E-state index is 5.98. The molecule has 3 atom stereocenters. The predicted molar refractivity (Wildman–Crippen MR) is 41.7 cm³/mol. The van der Waals surface area contributed by atoms with Gasteiger partial charge < -0.3 is 11.1 Å². The van der Waals surface area contributed by atoms with E-state index in [1.165, 1.54) is 32.2 Å². The molecule has 2 aliphatic rings. The number of hydrogen-bond acceptors (Lipinski definition) is 2. The summed E-state index contributed by atoms with van der Waals surface area (Å²) in [6, 6.07) is 1.26. The molecular weight excluding hydrogens is 124 g/mol. The molecule has 0 aromatic heterocycles. The van der Waals surface area contributed by atoms with E-state index < -0.39 is 0 Å². The Labute approximate surface area is 62.2 Å². The van der Waals surface area contributed by atoms with Gasteiger partial charge in [-0.3, -0.25) is 0 Å². The number of fused-ring (bicyclic) bond motifs is 1. The smallest absolute Gasteiger partial charge is 0.0111 e. The van der Waals surface area contributed by atoms with Crippen LogP contribution in [0.4, 0.5) is 0 Å². The highest BCUT2D eigenvalue weighted by atomic mass is 15.0. The Kier molecular flexibility index (Phi) is 1.66. The monoisotopic (exact) mass is 140 g/mol. The second-order valence-electron chi connectivity index (χ2n) is 3.61. The van der Waals surface area contributed by atoms with Gasteiger partial charge in [-0.05, 0) is 31.7 Å². The normalized spacial score (nSPS) is 47.1. The summed E-state index contributed by atoms with van der Waals surface area (Å²) in [5.74, 6) is 0.800. The van der Waals surface area contributed by atoms with Crippen LogP contribution in [-0.4, -0.2) is 18.6 Å². The Bertz CT molecular complexity index is 124. The van der Waals surface area contributed by atoms with Crippen LogP contribution in [0.2, 0.25) is 0 Å². The molecule has 1 saturated heterocycles.